The minimum absolute atomic E-state index is 0. The van der Waals surface area contributed by atoms with E-state index >= 15 is 0 Å². The highest BCUT2D eigenvalue weighted by molar-refractivity contribution is 14.0. The van der Waals surface area contributed by atoms with Crippen LogP contribution in [-0.2, 0) is 9.53 Å². The number of carbonyl (C=O) groups is 1. The zero-order chi connectivity index (χ0) is 20.2. The van der Waals surface area contributed by atoms with Gasteiger partial charge in [0, 0.05) is 52.9 Å². The predicted molar refractivity (Wildman–Crippen MR) is 129 cm³/mol. The van der Waals surface area contributed by atoms with Gasteiger partial charge in [0.05, 0.1) is 13.2 Å². The van der Waals surface area contributed by atoms with E-state index in [-0.39, 0.29) is 29.9 Å². The second kappa shape index (κ2) is 15.2. The van der Waals surface area contributed by atoms with E-state index in [1.165, 1.54) is 12.8 Å². The predicted octanol–water partition coefficient (Wildman–Crippen LogP) is 0.728. The van der Waals surface area contributed by atoms with Crippen molar-refractivity contribution in [1.82, 2.24) is 25.8 Å². The van der Waals surface area contributed by atoms with E-state index in [1.807, 2.05) is 0 Å². The molecule has 0 aromatic heterocycles. The van der Waals surface area contributed by atoms with Gasteiger partial charge in [-0.3, -0.25) is 14.7 Å². The summed E-state index contributed by atoms with van der Waals surface area (Å²) in [5.41, 5.74) is 0. The van der Waals surface area contributed by atoms with E-state index in [1.54, 1.807) is 14.2 Å². The van der Waals surface area contributed by atoms with Gasteiger partial charge in [-0.1, -0.05) is 0 Å². The number of piperidine rings is 2. The molecule has 0 aromatic carbocycles. The molecule has 2 heterocycles. The number of rotatable bonds is 9. The number of amides is 1. The maximum absolute atomic E-state index is 11.5. The number of nitrogens with one attached hydrogen (secondary N) is 3. The largest absolute Gasteiger partial charge is 0.383 e. The zero-order valence-electron chi connectivity index (χ0n) is 18.4. The minimum Gasteiger partial charge on any atom is -0.383 e. The first-order chi connectivity index (χ1) is 13.6. The molecular weight excluding hydrogens is 483 g/mol. The van der Waals surface area contributed by atoms with Gasteiger partial charge in [-0.25, -0.2) is 0 Å². The smallest absolute Gasteiger partial charge is 0.233 e. The molecule has 0 atom stereocenters. The van der Waals surface area contributed by atoms with Crippen molar-refractivity contribution < 1.29 is 9.53 Å². The highest BCUT2D eigenvalue weighted by atomic mass is 127. The summed E-state index contributed by atoms with van der Waals surface area (Å²) in [6.07, 6.45) is 4.51. The van der Waals surface area contributed by atoms with Gasteiger partial charge in [0.1, 0.15) is 0 Å². The molecule has 3 N–H and O–H groups in total. The lowest BCUT2D eigenvalue weighted by Gasteiger charge is -2.33. The summed E-state index contributed by atoms with van der Waals surface area (Å²) in [5.74, 6) is 1.70. The van der Waals surface area contributed by atoms with Crippen LogP contribution in [0, 0.1) is 5.92 Å². The van der Waals surface area contributed by atoms with Gasteiger partial charge in [-0.2, -0.15) is 0 Å². The van der Waals surface area contributed by atoms with E-state index < -0.39 is 0 Å². The minimum atomic E-state index is 0. The van der Waals surface area contributed by atoms with Crippen molar-refractivity contribution in [3.8, 4) is 0 Å². The van der Waals surface area contributed by atoms with Crippen LogP contribution in [0.15, 0.2) is 4.99 Å². The third kappa shape index (κ3) is 10.3. The van der Waals surface area contributed by atoms with Crippen molar-refractivity contribution in [1.29, 1.82) is 0 Å². The van der Waals surface area contributed by atoms with Crippen LogP contribution in [-0.4, -0.2) is 101 Å². The van der Waals surface area contributed by atoms with Crippen LogP contribution in [0.1, 0.15) is 32.6 Å². The molecule has 2 saturated heterocycles. The SMILES string of the molecule is CCNC(=NCC1CCN(CCOC)CC1)NC1CCN(CC(=O)NC)CC1.I. The van der Waals surface area contributed by atoms with Crippen LogP contribution in [0.25, 0.3) is 0 Å². The summed E-state index contributed by atoms with van der Waals surface area (Å²) in [5, 5.41) is 9.70. The lowest BCUT2D eigenvalue weighted by Crippen LogP contribution is -2.50. The van der Waals surface area contributed by atoms with Crippen LogP contribution in [0.4, 0.5) is 0 Å². The molecule has 0 saturated carbocycles. The molecule has 9 heteroatoms. The second-order valence-corrected chi connectivity index (χ2v) is 7.87. The molecular formula is C20H41IN6O2. The van der Waals surface area contributed by atoms with Gasteiger partial charge >= 0.3 is 0 Å². The maximum Gasteiger partial charge on any atom is 0.233 e. The number of methoxy groups -OCH3 is 1. The Morgan fingerprint density at radius 1 is 1.10 bits per heavy atom. The number of guanidine groups is 1. The van der Waals surface area contributed by atoms with Gasteiger partial charge < -0.3 is 25.6 Å². The summed E-state index contributed by atoms with van der Waals surface area (Å²) in [7, 11) is 3.46. The van der Waals surface area contributed by atoms with Crippen LogP contribution in [0.5, 0.6) is 0 Å². The zero-order valence-corrected chi connectivity index (χ0v) is 20.7. The van der Waals surface area contributed by atoms with Crippen molar-refractivity contribution >= 4 is 35.8 Å². The number of hydrogen-bond acceptors (Lipinski definition) is 5. The number of likely N-dealkylation sites (N-methyl/N-ethyl adjacent to an activating group) is 1. The fourth-order valence-corrected chi connectivity index (χ4v) is 3.86. The quantitative estimate of drug-likeness (QED) is 0.235. The molecule has 0 spiro atoms. The van der Waals surface area contributed by atoms with Gasteiger partial charge in [-0.15, -0.1) is 24.0 Å². The number of aliphatic imine (C=N–C) groups is 1. The fourth-order valence-electron chi connectivity index (χ4n) is 3.86. The van der Waals surface area contributed by atoms with Crippen LogP contribution in [0.2, 0.25) is 0 Å². The molecule has 0 aliphatic carbocycles. The van der Waals surface area contributed by atoms with Crippen molar-refractivity contribution in [3.05, 3.63) is 0 Å². The number of carbonyl (C=O) groups excluding carboxylic acids is 1. The van der Waals surface area contributed by atoms with E-state index in [4.69, 9.17) is 9.73 Å². The van der Waals surface area contributed by atoms with Crippen LogP contribution >= 0.6 is 24.0 Å². The normalized spacial score (nSPS) is 20.2. The Morgan fingerprint density at radius 2 is 1.76 bits per heavy atom. The van der Waals surface area contributed by atoms with E-state index in [0.717, 1.165) is 71.2 Å². The summed E-state index contributed by atoms with van der Waals surface area (Å²) < 4.78 is 5.18. The van der Waals surface area contributed by atoms with Gasteiger partial charge in [0.25, 0.3) is 0 Å². The molecule has 0 aromatic rings. The molecule has 2 rings (SSSR count). The fraction of sp³-hybridized carbons (Fsp3) is 0.900. The first kappa shape index (κ1) is 26.4. The third-order valence-electron chi connectivity index (χ3n) is 5.75. The monoisotopic (exact) mass is 524 g/mol. The average Bonchev–Trinajstić information content (AvgIpc) is 2.72. The van der Waals surface area contributed by atoms with Gasteiger partial charge in [-0.05, 0) is 51.6 Å². The molecule has 0 radical (unpaired) electrons. The number of halogens is 1. The first-order valence-electron chi connectivity index (χ1n) is 10.8. The highest BCUT2D eigenvalue weighted by Crippen LogP contribution is 2.17. The highest BCUT2D eigenvalue weighted by Gasteiger charge is 2.22. The molecule has 2 aliphatic heterocycles. The summed E-state index contributed by atoms with van der Waals surface area (Å²) >= 11 is 0. The molecule has 8 nitrogen and oxygen atoms in total. The van der Waals surface area contributed by atoms with E-state index in [0.29, 0.717) is 18.5 Å². The summed E-state index contributed by atoms with van der Waals surface area (Å²) in [6.45, 7) is 10.4. The molecule has 2 aliphatic rings. The Kier molecular flexibility index (Phi) is 13.8. The molecule has 2 fully saturated rings. The Hall–Kier alpha value is -0.650. The molecule has 170 valence electrons. The first-order valence-corrected chi connectivity index (χ1v) is 10.8. The number of nitrogens with zero attached hydrogens (tertiary/aromatic N) is 3. The van der Waals surface area contributed by atoms with Gasteiger partial charge in [0.15, 0.2) is 5.96 Å². The Labute approximate surface area is 193 Å². The summed E-state index contributed by atoms with van der Waals surface area (Å²) in [6, 6.07) is 0.426. The van der Waals surface area contributed by atoms with E-state index in [2.05, 4.69) is 32.7 Å². The third-order valence-corrected chi connectivity index (χ3v) is 5.75. The Morgan fingerprint density at radius 3 is 2.34 bits per heavy atom. The van der Waals surface area contributed by atoms with Crippen LogP contribution < -0.4 is 16.0 Å². The van der Waals surface area contributed by atoms with Crippen LogP contribution in [0.3, 0.4) is 0 Å². The van der Waals surface area contributed by atoms with Gasteiger partial charge in [0.2, 0.25) is 5.91 Å². The Balaban J connectivity index is 0.00000420. The number of likely N-dealkylation sites (tertiary alicyclic amines) is 2. The molecule has 0 bridgehead atoms. The van der Waals surface area contributed by atoms with Crippen molar-refractivity contribution in [2.45, 2.75) is 38.6 Å². The topological polar surface area (TPSA) is 81.2 Å². The summed E-state index contributed by atoms with van der Waals surface area (Å²) in [4.78, 5) is 21.1. The van der Waals surface area contributed by atoms with E-state index in [9.17, 15) is 4.79 Å². The number of ether oxygens (including phenoxy) is 1. The van der Waals surface area contributed by atoms with Crippen molar-refractivity contribution in [3.63, 3.8) is 0 Å². The van der Waals surface area contributed by atoms with Crippen molar-refractivity contribution in [2.75, 3.05) is 73.1 Å². The molecule has 1 amide bonds. The number of hydrogen-bond donors (Lipinski definition) is 3. The lowest BCUT2D eigenvalue weighted by atomic mass is 9.97. The molecule has 29 heavy (non-hydrogen) atoms. The van der Waals surface area contributed by atoms with Crippen molar-refractivity contribution in [2.24, 2.45) is 10.9 Å². The maximum atomic E-state index is 11.5. The standard InChI is InChI=1S/C20H40N6O2.HI/c1-4-22-20(23-15-17-5-9-25(10-6-17)13-14-28-3)24-18-7-11-26(12-8-18)16-19(27)21-2;/h17-18H,4-16H2,1-3H3,(H,21,27)(H2,22,23,24);1H. The lowest BCUT2D eigenvalue weighted by molar-refractivity contribution is -0.122. The second-order valence-electron chi connectivity index (χ2n) is 7.87. The average molecular weight is 524 g/mol. The molecule has 0 unspecified atom stereocenters. The Bertz CT molecular complexity index is 478.